The molecule has 0 N–H and O–H groups in total. The monoisotopic (exact) mass is 580 g/mol. The van der Waals surface area contributed by atoms with Gasteiger partial charge in [0.15, 0.2) is 0 Å². The van der Waals surface area contributed by atoms with Gasteiger partial charge in [0.1, 0.15) is 0 Å². The molecule has 0 spiro atoms. The summed E-state index contributed by atoms with van der Waals surface area (Å²) in [4.78, 5) is 0. The van der Waals surface area contributed by atoms with Crippen molar-refractivity contribution in [2.45, 2.75) is 0 Å². The number of rotatable bonds is 0. The molecule has 0 aliphatic rings. The molecule has 0 aromatic rings. The fourth-order valence-corrected chi connectivity index (χ4v) is 0. The Hall–Kier alpha value is 4.64. The van der Waals surface area contributed by atoms with Crippen LogP contribution >= 0.6 is 0 Å². The van der Waals surface area contributed by atoms with Gasteiger partial charge in [-0.1, -0.05) is 0 Å². The summed E-state index contributed by atoms with van der Waals surface area (Å²) in [5.74, 6) is 0. The van der Waals surface area contributed by atoms with Gasteiger partial charge in [-0.15, -0.1) is 0 Å². The molecule has 0 saturated carbocycles. The number of hydrogen-bond donors (Lipinski definition) is 0. The van der Waals surface area contributed by atoms with Gasteiger partial charge >= 0.3 is 0 Å². The zero-order valence-corrected chi connectivity index (χ0v) is 9.74. The van der Waals surface area contributed by atoms with E-state index in [-0.39, 0.29) is 140 Å². The van der Waals surface area contributed by atoms with Crippen molar-refractivity contribution in [3.05, 3.63) is 0 Å². The summed E-state index contributed by atoms with van der Waals surface area (Å²) in [6.07, 6.45) is 0. The molecule has 0 aromatic carbocycles. The van der Waals surface area contributed by atoms with E-state index >= 15 is 0 Å². The Morgan fingerprint density at radius 1 is 0.500 bits per heavy atom. The summed E-state index contributed by atoms with van der Waals surface area (Å²) in [5, 5.41) is 0. The van der Waals surface area contributed by atoms with E-state index in [1.165, 1.54) is 0 Å². The standard InChI is InChI=1S/3Gd.Pd. The maximum absolute atomic E-state index is 0. The van der Waals surface area contributed by atoms with Crippen molar-refractivity contribution in [2.75, 3.05) is 0 Å². The van der Waals surface area contributed by atoms with Crippen molar-refractivity contribution in [3.63, 3.8) is 0 Å². The maximum atomic E-state index is 0. The quantitative estimate of drug-likeness (QED) is 0.356. The summed E-state index contributed by atoms with van der Waals surface area (Å²) in [7, 11) is 0. The minimum Gasteiger partial charge on any atom is 0 e. The molecule has 0 saturated heterocycles. The largest absolute Gasteiger partial charge is 0 e. The van der Waals surface area contributed by atoms with E-state index in [1.54, 1.807) is 0 Å². The SMILES string of the molecule is [Gd].[Gd].[Gd].[Pd]. The average molecular weight is 578 g/mol. The van der Waals surface area contributed by atoms with Gasteiger partial charge in [-0.2, -0.15) is 0 Å². The first-order valence-electron chi connectivity index (χ1n) is 0. The molecule has 4 heavy (non-hydrogen) atoms. The van der Waals surface area contributed by atoms with Gasteiger partial charge in [0.25, 0.3) is 0 Å². The van der Waals surface area contributed by atoms with E-state index in [2.05, 4.69) is 0 Å². The second-order valence-corrected chi connectivity index (χ2v) is 0. The van der Waals surface area contributed by atoms with E-state index in [4.69, 9.17) is 0 Å². The summed E-state index contributed by atoms with van der Waals surface area (Å²) in [6.45, 7) is 0. The Morgan fingerprint density at radius 2 is 0.500 bits per heavy atom. The smallest absolute Gasteiger partial charge is 0 e. The minimum atomic E-state index is 0. The van der Waals surface area contributed by atoms with Crippen molar-refractivity contribution in [1.29, 1.82) is 0 Å². The molecule has 4 heteroatoms. The first-order valence-corrected chi connectivity index (χ1v) is 0. The van der Waals surface area contributed by atoms with Crippen molar-refractivity contribution >= 4 is 0 Å². The third kappa shape index (κ3) is 9.81. The molecule has 34 valence electrons. The molecule has 0 bridgehead atoms. The zero-order chi connectivity index (χ0) is 0. The molecule has 0 radical (unpaired) electrons. The summed E-state index contributed by atoms with van der Waals surface area (Å²) >= 11 is 0. The third-order valence-electron chi connectivity index (χ3n) is 0. The van der Waals surface area contributed by atoms with Gasteiger partial charge in [-0.25, -0.2) is 0 Å². The minimum absolute atomic E-state index is 0. The van der Waals surface area contributed by atoms with Crippen LogP contribution in [-0.4, -0.2) is 0 Å². The third-order valence-corrected chi connectivity index (χ3v) is 0. The number of hydrogen-bond acceptors (Lipinski definition) is 0. The van der Waals surface area contributed by atoms with Gasteiger partial charge in [-0.3, -0.25) is 0 Å². The molecule has 0 aromatic heterocycles. The van der Waals surface area contributed by atoms with Crippen LogP contribution < -0.4 is 0 Å². The van der Waals surface area contributed by atoms with Crippen LogP contribution in [0, 0.1) is 120 Å². The van der Waals surface area contributed by atoms with Crippen molar-refractivity contribution in [3.8, 4) is 0 Å². The molecule has 0 nitrogen and oxygen atoms in total. The summed E-state index contributed by atoms with van der Waals surface area (Å²) in [5.41, 5.74) is 0. The fraction of sp³-hybridized carbons (Fsp3) is 0. The molecular weight excluding hydrogens is 578 g/mol. The van der Waals surface area contributed by atoms with Crippen LogP contribution in [0.25, 0.3) is 0 Å². The van der Waals surface area contributed by atoms with Gasteiger partial charge < -0.3 is 0 Å². The normalized spacial score (nSPS) is 0. The Kier molecular flexibility index (Phi) is 91.6. The second-order valence-electron chi connectivity index (χ2n) is 0. The van der Waals surface area contributed by atoms with Gasteiger partial charge in [0.05, 0.1) is 0 Å². The predicted octanol–water partition coefficient (Wildman–Crippen LogP) is -0.00250. The van der Waals surface area contributed by atoms with Crippen LogP contribution in [0.5, 0.6) is 0 Å². The Labute approximate surface area is 136 Å². The van der Waals surface area contributed by atoms with E-state index in [1.807, 2.05) is 0 Å². The van der Waals surface area contributed by atoms with E-state index in [0.717, 1.165) is 0 Å². The molecule has 0 atom stereocenters. The van der Waals surface area contributed by atoms with Gasteiger partial charge in [-0.05, 0) is 0 Å². The van der Waals surface area contributed by atoms with Gasteiger partial charge in [0, 0.05) is 140 Å². The molecule has 0 rings (SSSR count). The zero-order valence-electron chi connectivity index (χ0n) is 1.38. The first kappa shape index (κ1) is 23.4. The van der Waals surface area contributed by atoms with Crippen LogP contribution in [-0.2, 0) is 20.4 Å². The van der Waals surface area contributed by atoms with Crippen LogP contribution in [0.3, 0.4) is 0 Å². The Bertz CT molecular complexity index is 3.25. The van der Waals surface area contributed by atoms with Crippen LogP contribution in [0.1, 0.15) is 0 Å². The Balaban J connectivity index is 0. The summed E-state index contributed by atoms with van der Waals surface area (Å²) in [6, 6.07) is 0. The van der Waals surface area contributed by atoms with E-state index < -0.39 is 0 Å². The first-order chi connectivity index (χ1) is 0. The van der Waals surface area contributed by atoms with Crippen LogP contribution in [0.4, 0.5) is 0 Å². The molecule has 0 heterocycles. The average Bonchev–Trinajstić information content (AvgIpc) is 0. The van der Waals surface area contributed by atoms with E-state index in [0.29, 0.717) is 0 Å². The molecular formula is Gd3Pd. The maximum Gasteiger partial charge on any atom is 0 e. The van der Waals surface area contributed by atoms with Crippen molar-refractivity contribution in [2.24, 2.45) is 0 Å². The molecule has 0 aliphatic carbocycles. The Morgan fingerprint density at radius 3 is 0.500 bits per heavy atom. The van der Waals surface area contributed by atoms with Crippen LogP contribution in [0.15, 0.2) is 0 Å². The predicted molar refractivity (Wildman–Crippen MR) is 0 cm³/mol. The van der Waals surface area contributed by atoms with Crippen molar-refractivity contribution < 1.29 is 140 Å². The van der Waals surface area contributed by atoms with E-state index in [9.17, 15) is 0 Å². The van der Waals surface area contributed by atoms with Crippen LogP contribution in [0.2, 0.25) is 0 Å². The topological polar surface area (TPSA) is 0 Å². The summed E-state index contributed by atoms with van der Waals surface area (Å²) < 4.78 is 0. The molecule has 0 fully saturated rings. The second kappa shape index (κ2) is 15.6. The molecule has 0 aliphatic heterocycles. The van der Waals surface area contributed by atoms with Crippen molar-refractivity contribution in [1.82, 2.24) is 0 Å². The fourth-order valence-electron chi connectivity index (χ4n) is 0. The molecule has 0 unspecified atom stereocenters. The molecule has 0 amide bonds. The van der Waals surface area contributed by atoms with Gasteiger partial charge in [0.2, 0.25) is 0 Å².